The molecule has 0 aromatic heterocycles. The first-order valence-electron chi connectivity index (χ1n) is 9.35. The van der Waals surface area contributed by atoms with Crippen molar-refractivity contribution in [2.45, 2.75) is 18.3 Å². The Hall–Kier alpha value is -1.52. The number of hydrogen-bond acceptors (Lipinski definition) is 0. The van der Waals surface area contributed by atoms with Crippen LogP contribution in [0.1, 0.15) is 16.7 Å². The van der Waals surface area contributed by atoms with Crippen molar-refractivity contribution < 1.29 is 0 Å². The summed E-state index contributed by atoms with van der Waals surface area (Å²) in [7, 11) is 0. The van der Waals surface area contributed by atoms with Crippen molar-refractivity contribution in [1.29, 1.82) is 0 Å². The maximum atomic E-state index is 2.37. The first-order chi connectivity index (χ1) is 13.2. The number of fused-ring (bicyclic) bond motifs is 1. The van der Waals surface area contributed by atoms with Crippen molar-refractivity contribution in [3.8, 4) is 0 Å². The SMILES string of the molecule is Cc1ccc[c]([Sn][CH2]c2cccc[c]2[Ge][c]2cccc3ccccc23)c1C. The van der Waals surface area contributed by atoms with Gasteiger partial charge in [0, 0.05) is 0 Å². The Morgan fingerprint density at radius 2 is 1.41 bits per heavy atom. The molecule has 0 amide bonds. The van der Waals surface area contributed by atoms with Crippen LogP contribution in [0.4, 0.5) is 0 Å². The van der Waals surface area contributed by atoms with Crippen LogP contribution in [0, 0.1) is 13.8 Å². The normalized spacial score (nSPS) is 11.0. The molecule has 0 spiro atoms. The molecule has 4 aromatic rings. The Morgan fingerprint density at radius 3 is 2.33 bits per heavy atom. The van der Waals surface area contributed by atoms with Crippen LogP contribution >= 0.6 is 0 Å². The average Bonchev–Trinajstić information content (AvgIpc) is 2.70. The molecule has 0 aliphatic carbocycles. The van der Waals surface area contributed by atoms with E-state index in [0.717, 1.165) is 0 Å². The van der Waals surface area contributed by atoms with Crippen LogP contribution in [0.25, 0.3) is 10.8 Å². The molecule has 0 aliphatic rings. The third-order valence-corrected chi connectivity index (χ3v) is 12.4. The summed E-state index contributed by atoms with van der Waals surface area (Å²) in [6, 6.07) is 31.6. The summed E-state index contributed by atoms with van der Waals surface area (Å²) < 4.78 is 6.11. The second-order valence-corrected chi connectivity index (χ2v) is 13.3. The van der Waals surface area contributed by atoms with E-state index in [1.807, 2.05) is 0 Å². The zero-order valence-corrected chi connectivity index (χ0v) is 20.7. The van der Waals surface area contributed by atoms with E-state index in [2.05, 4.69) is 98.8 Å². The standard InChI is InChI=1S/C17H13Ge.C8H9.Sn/c1-13-7-2-5-11-16(13)18-17-12-6-9-14-8-3-4-10-15(14)17;1-7-5-3-4-6-8(7)2;/h2-12H,1H2;3-5H,1-2H3;. The fourth-order valence-electron chi connectivity index (χ4n) is 3.41. The Kier molecular flexibility index (Phi) is 6.04. The van der Waals surface area contributed by atoms with E-state index in [1.165, 1.54) is 26.3 Å². The van der Waals surface area contributed by atoms with E-state index in [0.29, 0.717) is 0 Å². The van der Waals surface area contributed by atoms with Crippen molar-refractivity contribution in [3.05, 3.63) is 102 Å². The Morgan fingerprint density at radius 1 is 0.704 bits per heavy atom. The van der Waals surface area contributed by atoms with Gasteiger partial charge in [-0.15, -0.1) is 0 Å². The molecule has 0 N–H and O–H groups in total. The molecule has 130 valence electrons. The fraction of sp³-hybridized carbons (Fsp3) is 0.120. The van der Waals surface area contributed by atoms with Crippen molar-refractivity contribution in [1.82, 2.24) is 0 Å². The molecule has 2 heteroatoms. The molecule has 0 bridgehead atoms. The van der Waals surface area contributed by atoms with Gasteiger partial charge in [-0.25, -0.2) is 0 Å². The summed E-state index contributed by atoms with van der Waals surface area (Å²) in [4.78, 5) is 0. The third kappa shape index (κ3) is 4.33. The molecule has 0 atom stereocenters. The molecule has 4 rings (SSSR count). The van der Waals surface area contributed by atoms with E-state index < -0.39 is 21.1 Å². The van der Waals surface area contributed by atoms with Gasteiger partial charge in [0.1, 0.15) is 0 Å². The van der Waals surface area contributed by atoms with E-state index in [1.54, 1.807) is 17.9 Å². The molecule has 0 heterocycles. The third-order valence-electron chi connectivity index (χ3n) is 5.15. The molecule has 0 unspecified atom stereocenters. The molecular formula is C25H22GeSn. The van der Waals surface area contributed by atoms with Gasteiger partial charge in [0.05, 0.1) is 0 Å². The maximum absolute atomic E-state index is 2.37. The molecular weight excluding hydrogens is 492 g/mol. The Balaban J connectivity index is 1.60. The van der Waals surface area contributed by atoms with Crippen LogP contribution in [-0.2, 0) is 4.44 Å². The molecule has 0 saturated heterocycles. The molecule has 27 heavy (non-hydrogen) atoms. The van der Waals surface area contributed by atoms with Crippen LogP contribution in [0.15, 0.2) is 84.9 Å². The summed E-state index contributed by atoms with van der Waals surface area (Å²) in [6.45, 7) is 4.53. The zero-order chi connectivity index (χ0) is 18.6. The van der Waals surface area contributed by atoms with Crippen molar-refractivity contribution in [2.24, 2.45) is 0 Å². The summed E-state index contributed by atoms with van der Waals surface area (Å²) in [5, 5.41) is 2.80. The summed E-state index contributed by atoms with van der Waals surface area (Å²) in [5.41, 5.74) is 4.55. The van der Waals surface area contributed by atoms with Crippen molar-refractivity contribution >= 4 is 59.7 Å². The van der Waals surface area contributed by atoms with Gasteiger partial charge in [0.15, 0.2) is 0 Å². The summed E-state index contributed by atoms with van der Waals surface area (Å²) in [5.74, 6) is 0. The second kappa shape index (κ2) is 8.66. The van der Waals surface area contributed by atoms with Gasteiger partial charge in [-0.2, -0.15) is 0 Å². The van der Waals surface area contributed by atoms with E-state index >= 15 is 0 Å². The van der Waals surface area contributed by atoms with Crippen LogP contribution in [0.2, 0.25) is 0 Å². The zero-order valence-electron chi connectivity index (χ0n) is 15.8. The fourth-order valence-corrected chi connectivity index (χ4v) is 11.2. The van der Waals surface area contributed by atoms with E-state index in [4.69, 9.17) is 0 Å². The van der Waals surface area contributed by atoms with Gasteiger partial charge < -0.3 is 0 Å². The number of aryl methyl sites for hydroxylation is 1. The molecule has 0 fully saturated rings. The molecule has 0 aliphatic heterocycles. The Labute approximate surface area is 178 Å². The molecule has 4 radical (unpaired) electrons. The molecule has 0 nitrogen and oxygen atoms in total. The van der Waals surface area contributed by atoms with Crippen LogP contribution in [-0.4, -0.2) is 36.6 Å². The molecule has 0 saturated carbocycles. The van der Waals surface area contributed by atoms with Gasteiger partial charge in [-0.1, -0.05) is 0 Å². The first kappa shape index (κ1) is 18.8. The average molecular weight is 514 g/mol. The van der Waals surface area contributed by atoms with Gasteiger partial charge in [0.25, 0.3) is 0 Å². The van der Waals surface area contributed by atoms with E-state index in [-0.39, 0.29) is 15.4 Å². The second-order valence-electron chi connectivity index (χ2n) is 6.91. The van der Waals surface area contributed by atoms with Crippen LogP contribution in [0.3, 0.4) is 0 Å². The monoisotopic (exact) mass is 516 g/mol. The number of benzene rings is 4. The van der Waals surface area contributed by atoms with Gasteiger partial charge in [-0.05, 0) is 0 Å². The van der Waals surface area contributed by atoms with Gasteiger partial charge >= 0.3 is 180 Å². The molecule has 4 aromatic carbocycles. The topological polar surface area (TPSA) is 0 Å². The number of hydrogen-bond donors (Lipinski definition) is 0. The predicted molar refractivity (Wildman–Crippen MR) is 120 cm³/mol. The van der Waals surface area contributed by atoms with Crippen LogP contribution < -0.4 is 12.4 Å². The first-order valence-corrected chi connectivity index (χ1v) is 14.9. The Bertz CT molecular complexity index is 1080. The quantitative estimate of drug-likeness (QED) is 0.358. The van der Waals surface area contributed by atoms with Crippen molar-refractivity contribution in [2.75, 3.05) is 0 Å². The van der Waals surface area contributed by atoms with Crippen LogP contribution in [0.5, 0.6) is 0 Å². The summed E-state index contributed by atoms with van der Waals surface area (Å²) >= 11 is -0.933. The minimum absolute atomic E-state index is 0.326. The number of rotatable bonds is 5. The summed E-state index contributed by atoms with van der Waals surface area (Å²) in [6.07, 6.45) is 0. The van der Waals surface area contributed by atoms with E-state index in [9.17, 15) is 0 Å². The van der Waals surface area contributed by atoms with Gasteiger partial charge in [-0.3, -0.25) is 0 Å². The van der Waals surface area contributed by atoms with Crippen molar-refractivity contribution in [3.63, 3.8) is 0 Å². The van der Waals surface area contributed by atoms with Gasteiger partial charge in [0.2, 0.25) is 0 Å². The predicted octanol–water partition coefficient (Wildman–Crippen LogP) is 3.64. The minimum atomic E-state index is -0.607.